The second kappa shape index (κ2) is 8.20. The van der Waals surface area contributed by atoms with E-state index in [0.29, 0.717) is 5.92 Å². The van der Waals surface area contributed by atoms with Crippen molar-refractivity contribution in [3.8, 4) is 6.07 Å². The van der Waals surface area contributed by atoms with Crippen molar-refractivity contribution in [3.05, 3.63) is 77.8 Å². The molecular formula is C23H24N4. The molecule has 136 valence electrons. The minimum absolute atomic E-state index is 0.707. The van der Waals surface area contributed by atoms with Crippen LogP contribution < -0.4 is 5.32 Å². The highest BCUT2D eigenvalue weighted by Crippen LogP contribution is 2.30. The van der Waals surface area contributed by atoms with Gasteiger partial charge in [0.15, 0.2) is 0 Å². The highest BCUT2D eigenvalue weighted by atomic mass is 15.1. The van der Waals surface area contributed by atoms with Crippen LogP contribution in [0.15, 0.2) is 60.9 Å². The Bertz CT molecular complexity index is 886. The molecular weight excluding hydrogens is 332 g/mol. The monoisotopic (exact) mass is 356 g/mol. The molecule has 2 aliphatic heterocycles. The molecule has 0 radical (unpaired) electrons. The molecule has 0 aliphatic carbocycles. The molecule has 1 saturated heterocycles. The van der Waals surface area contributed by atoms with Crippen LogP contribution in [0.4, 0.5) is 0 Å². The molecule has 0 unspecified atom stereocenters. The largest absolute Gasteiger partial charge is 0.372 e. The summed E-state index contributed by atoms with van der Waals surface area (Å²) in [6, 6.07) is 16.2. The second-order valence-electron chi connectivity index (χ2n) is 7.25. The lowest BCUT2D eigenvalue weighted by atomic mass is 9.93. The van der Waals surface area contributed by atoms with Crippen molar-refractivity contribution in [1.29, 1.82) is 5.26 Å². The first-order valence-electron chi connectivity index (χ1n) is 9.61. The van der Waals surface area contributed by atoms with Crippen LogP contribution in [0.3, 0.4) is 0 Å². The lowest BCUT2D eigenvalue weighted by molar-refractivity contribution is 0.278. The molecule has 4 rings (SSSR count). The van der Waals surface area contributed by atoms with Crippen molar-refractivity contribution in [2.45, 2.75) is 12.8 Å². The molecule has 4 heteroatoms. The van der Waals surface area contributed by atoms with E-state index in [2.05, 4.69) is 39.6 Å². The number of hydrogen-bond acceptors (Lipinski definition) is 4. The third-order valence-electron chi connectivity index (χ3n) is 5.33. The highest BCUT2D eigenvalue weighted by molar-refractivity contribution is 5.86. The molecule has 2 aromatic rings. The quantitative estimate of drug-likeness (QED) is 0.908. The van der Waals surface area contributed by atoms with Gasteiger partial charge in [0.2, 0.25) is 0 Å². The minimum Gasteiger partial charge on any atom is -0.372 e. The van der Waals surface area contributed by atoms with Gasteiger partial charge in [0.1, 0.15) is 0 Å². The van der Waals surface area contributed by atoms with Gasteiger partial charge < -0.3 is 10.2 Å². The molecule has 27 heavy (non-hydrogen) atoms. The van der Waals surface area contributed by atoms with Gasteiger partial charge in [0.25, 0.3) is 0 Å². The number of nitrogens with zero attached hydrogens (tertiary/aromatic N) is 3. The number of nitriles is 1. The van der Waals surface area contributed by atoms with Gasteiger partial charge >= 0.3 is 0 Å². The van der Waals surface area contributed by atoms with E-state index in [1.807, 2.05) is 42.6 Å². The van der Waals surface area contributed by atoms with Gasteiger partial charge in [-0.3, -0.25) is 4.98 Å². The number of piperidine rings is 1. The standard InChI is InChI=1S/C23H24N4/c24-14-19-5-1-2-6-22(19)20-13-21(23-7-3-4-10-26-23)17-27(16-20)15-18-8-11-25-12-9-18/h1-7,10,13,17-18,25H,8-9,11-12,15-16H2. The summed E-state index contributed by atoms with van der Waals surface area (Å²) < 4.78 is 0. The number of allylic oxidation sites excluding steroid dienone is 2. The van der Waals surface area contributed by atoms with Crippen molar-refractivity contribution < 1.29 is 0 Å². The van der Waals surface area contributed by atoms with Crippen molar-refractivity contribution in [2.75, 3.05) is 26.2 Å². The Balaban J connectivity index is 1.67. The summed E-state index contributed by atoms with van der Waals surface area (Å²) in [5.41, 5.74) is 5.02. The van der Waals surface area contributed by atoms with E-state index in [1.54, 1.807) is 0 Å². The average molecular weight is 356 g/mol. The van der Waals surface area contributed by atoms with Crippen molar-refractivity contribution in [1.82, 2.24) is 15.2 Å². The Labute approximate surface area is 160 Å². The Morgan fingerprint density at radius 1 is 1.11 bits per heavy atom. The summed E-state index contributed by atoms with van der Waals surface area (Å²) in [5.74, 6) is 0.707. The van der Waals surface area contributed by atoms with Gasteiger partial charge in [-0.2, -0.15) is 5.26 Å². The first kappa shape index (κ1) is 17.5. The minimum atomic E-state index is 0.707. The van der Waals surface area contributed by atoms with Crippen LogP contribution in [-0.4, -0.2) is 36.1 Å². The van der Waals surface area contributed by atoms with Gasteiger partial charge in [-0.05, 0) is 67.3 Å². The van der Waals surface area contributed by atoms with Crippen LogP contribution in [-0.2, 0) is 0 Å². The molecule has 2 aliphatic rings. The highest BCUT2D eigenvalue weighted by Gasteiger charge is 2.21. The van der Waals surface area contributed by atoms with E-state index >= 15 is 0 Å². The predicted octanol–water partition coefficient (Wildman–Crippen LogP) is 3.69. The van der Waals surface area contributed by atoms with E-state index in [1.165, 1.54) is 18.4 Å². The third-order valence-corrected chi connectivity index (χ3v) is 5.33. The zero-order valence-electron chi connectivity index (χ0n) is 15.4. The van der Waals surface area contributed by atoms with Gasteiger partial charge in [-0.15, -0.1) is 0 Å². The van der Waals surface area contributed by atoms with Gasteiger partial charge in [-0.25, -0.2) is 0 Å². The fraction of sp³-hybridized carbons (Fsp3) is 0.304. The van der Waals surface area contributed by atoms with Crippen LogP contribution >= 0.6 is 0 Å². The van der Waals surface area contributed by atoms with Crippen molar-refractivity contribution in [3.63, 3.8) is 0 Å². The summed E-state index contributed by atoms with van der Waals surface area (Å²) >= 11 is 0. The van der Waals surface area contributed by atoms with Gasteiger partial charge in [0, 0.05) is 31.1 Å². The molecule has 0 atom stereocenters. The first-order valence-corrected chi connectivity index (χ1v) is 9.61. The van der Waals surface area contributed by atoms with Crippen LogP contribution in [0.5, 0.6) is 0 Å². The number of pyridine rings is 1. The Kier molecular flexibility index (Phi) is 5.32. The maximum absolute atomic E-state index is 9.53. The zero-order chi connectivity index (χ0) is 18.5. The number of hydrogen-bond donors (Lipinski definition) is 1. The fourth-order valence-electron chi connectivity index (χ4n) is 3.94. The molecule has 0 saturated carbocycles. The summed E-state index contributed by atoms with van der Waals surface area (Å²) in [6.45, 7) is 4.09. The Hall–Kier alpha value is -2.90. The smallest absolute Gasteiger partial charge is 0.0998 e. The molecule has 1 aromatic heterocycles. The van der Waals surface area contributed by atoms with E-state index in [4.69, 9.17) is 0 Å². The van der Waals surface area contributed by atoms with E-state index in [9.17, 15) is 5.26 Å². The summed E-state index contributed by atoms with van der Waals surface area (Å²) in [6.07, 6.45) is 8.70. The molecule has 1 aromatic carbocycles. The number of rotatable bonds is 4. The van der Waals surface area contributed by atoms with Gasteiger partial charge in [-0.1, -0.05) is 24.3 Å². The molecule has 1 N–H and O–H groups in total. The normalized spacial score (nSPS) is 17.8. The topological polar surface area (TPSA) is 52.0 Å². The van der Waals surface area contributed by atoms with E-state index in [0.717, 1.165) is 48.6 Å². The molecule has 0 bridgehead atoms. The van der Waals surface area contributed by atoms with Crippen LogP contribution in [0.25, 0.3) is 11.1 Å². The molecule has 1 fully saturated rings. The molecule has 3 heterocycles. The lowest BCUT2D eigenvalue weighted by Crippen LogP contribution is -2.35. The molecule has 0 amide bonds. The zero-order valence-corrected chi connectivity index (χ0v) is 15.4. The summed E-state index contributed by atoms with van der Waals surface area (Å²) in [4.78, 5) is 6.95. The van der Waals surface area contributed by atoms with Crippen molar-refractivity contribution in [2.24, 2.45) is 5.92 Å². The van der Waals surface area contributed by atoms with E-state index < -0.39 is 0 Å². The number of nitrogens with one attached hydrogen (secondary N) is 1. The van der Waals surface area contributed by atoms with Gasteiger partial charge in [0.05, 0.1) is 17.3 Å². The van der Waals surface area contributed by atoms with Crippen LogP contribution in [0, 0.1) is 17.2 Å². The maximum Gasteiger partial charge on any atom is 0.0998 e. The lowest BCUT2D eigenvalue weighted by Gasteiger charge is -2.33. The average Bonchev–Trinajstić information content (AvgIpc) is 2.75. The summed E-state index contributed by atoms with van der Waals surface area (Å²) in [5, 5.41) is 13.0. The predicted molar refractivity (Wildman–Crippen MR) is 109 cm³/mol. The fourth-order valence-corrected chi connectivity index (χ4v) is 3.94. The Morgan fingerprint density at radius 2 is 1.93 bits per heavy atom. The van der Waals surface area contributed by atoms with Crippen LogP contribution in [0.2, 0.25) is 0 Å². The number of benzene rings is 1. The Morgan fingerprint density at radius 3 is 2.70 bits per heavy atom. The second-order valence-corrected chi connectivity index (χ2v) is 7.25. The third kappa shape index (κ3) is 4.10. The SMILES string of the molecule is N#Cc1ccccc1C1=CC(c2ccccn2)=CN(CC2CCNCC2)C1. The molecule has 4 nitrogen and oxygen atoms in total. The maximum atomic E-state index is 9.53. The molecule has 0 spiro atoms. The number of aromatic nitrogens is 1. The summed E-state index contributed by atoms with van der Waals surface area (Å²) in [7, 11) is 0. The van der Waals surface area contributed by atoms with Crippen LogP contribution in [0.1, 0.15) is 29.7 Å². The first-order chi connectivity index (χ1) is 13.3. The van der Waals surface area contributed by atoms with Crippen molar-refractivity contribution >= 4 is 11.1 Å². The van der Waals surface area contributed by atoms with E-state index in [-0.39, 0.29) is 0 Å².